The first-order valence-electron chi connectivity index (χ1n) is 9.00. The maximum absolute atomic E-state index is 12.1. The van der Waals surface area contributed by atoms with E-state index >= 15 is 0 Å². The molecule has 1 N–H and O–H groups in total. The lowest BCUT2D eigenvalue weighted by molar-refractivity contribution is -0.118. The molecule has 0 aliphatic heterocycles. The summed E-state index contributed by atoms with van der Waals surface area (Å²) >= 11 is 0. The van der Waals surface area contributed by atoms with Crippen molar-refractivity contribution in [2.75, 3.05) is 11.9 Å². The van der Waals surface area contributed by atoms with Crippen molar-refractivity contribution < 1.29 is 14.1 Å². The number of aromatic nitrogens is 2. The number of carbonyl (C=O) groups is 1. The topological polar surface area (TPSA) is 77.2 Å². The second-order valence-electron chi connectivity index (χ2n) is 6.53. The summed E-state index contributed by atoms with van der Waals surface area (Å²) in [6.45, 7) is 6.03. The van der Waals surface area contributed by atoms with E-state index in [4.69, 9.17) is 9.26 Å². The molecule has 140 valence electrons. The fraction of sp³-hybridized carbons (Fsp3) is 0.286. The summed E-state index contributed by atoms with van der Waals surface area (Å²) < 4.78 is 10.8. The van der Waals surface area contributed by atoms with Crippen LogP contribution in [-0.2, 0) is 11.2 Å². The fourth-order valence-corrected chi connectivity index (χ4v) is 2.50. The van der Waals surface area contributed by atoms with Gasteiger partial charge in [-0.3, -0.25) is 4.79 Å². The summed E-state index contributed by atoms with van der Waals surface area (Å²) in [6, 6.07) is 15.0. The Kier molecular flexibility index (Phi) is 5.86. The zero-order chi connectivity index (χ0) is 19.2. The van der Waals surface area contributed by atoms with E-state index in [9.17, 15) is 4.79 Å². The molecule has 6 nitrogen and oxygen atoms in total. The van der Waals surface area contributed by atoms with Crippen molar-refractivity contribution in [3.63, 3.8) is 0 Å². The first-order valence-corrected chi connectivity index (χ1v) is 9.00. The molecule has 0 unspecified atom stereocenters. The van der Waals surface area contributed by atoms with Crippen LogP contribution in [0.3, 0.4) is 0 Å². The minimum absolute atomic E-state index is 0.0618. The lowest BCUT2D eigenvalue weighted by Crippen LogP contribution is -2.20. The van der Waals surface area contributed by atoms with Gasteiger partial charge in [-0.2, -0.15) is 4.98 Å². The fourth-order valence-electron chi connectivity index (χ4n) is 2.50. The van der Waals surface area contributed by atoms with Gasteiger partial charge in [-0.15, -0.1) is 0 Å². The predicted octanol–water partition coefficient (Wildman–Crippen LogP) is 4.44. The minimum atomic E-state index is -0.203. The maximum atomic E-state index is 12.1. The molecular weight excluding hydrogens is 342 g/mol. The van der Waals surface area contributed by atoms with E-state index in [1.165, 1.54) is 5.56 Å². The van der Waals surface area contributed by atoms with Crippen LogP contribution < -0.4 is 10.1 Å². The summed E-state index contributed by atoms with van der Waals surface area (Å²) in [7, 11) is 0. The Morgan fingerprint density at radius 2 is 1.96 bits per heavy atom. The van der Waals surface area contributed by atoms with E-state index in [1.807, 2.05) is 50.2 Å². The Balaban J connectivity index is 1.55. The third kappa shape index (κ3) is 4.94. The van der Waals surface area contributed by atoms with E-state index in [-0.39, 0.29) is 18.4 Å². The van der Waals surface area contributed by atoms with Gasteiger partial charge >= 0.3 is 0 Å². The zero-order valence-corrected chi connectivity index (χ0v) is 15.7. The van der Waals surface area contributed by atoms with E-state index < -0.39 is 0 Å². The second-order valence-corrected chi connectivity index (χ2v) is 6.53. The van der Waals surface area contributed by atoms with Gasteiger partial charge in [-0.05, 0) is 48.4 Å². The molecule has 0 aliphatic carbocycles. The molecule has 0 saturated carbocycles. The molecule has 0 radical (unpaired) electrons. The van der Waals surface area contributed by atoms with Gasteiger partial charge in [0.2, 0.25) is 0 Å². The molecule has 27 heavy (non-hydrogen) atoms. The van der Waals surface area contributed by atoms with Gasteiger partial charge in [0, 0.05) is 17.2 Å². The highest BCUT2D eigenvalue weighted by Gasteiger charge is 2.11. The molecular formula is C21H23N3O3. The Labute approximate surface area is 158 Å². The molecule has 0 bridgehead atoms. The van der Waals surface area contributed by atoms with E-state index in [0.717, 1.165) is 17.7 Å². The maximum Gasteiger partial charge on any atom is 0.262 e. The molecule has 1 amide bonds. The van der Waals surface area contributed by atoms with Crippen LogP contribution >= 0.6 is 0 Å². The molecule has 0 aliphatic rings. The number of benzene rings is 2. The Morgan fingerprint density at radius 1 is 1.19 bits per heavy atom. The Hall–Kier alpha value is -3.15. The van der Waals surface area contributed by atoms with Crippen LogP contribution in [-0.4, -0.2) is 22.7 Å². The molecule has 0 fully saturated rings. The summed E-state index contributed by atoms with van der Waals surface area (Å²) in [4.78, 5) is 16.4. The van der Waals surface area contributed by atoms with E-state index in [0.29, 0.717) is 17.5 Å². The summed E-state index contributed by atoms with van der Waals surface area (Å²) in [5.74, 6) is 1.75. The molecule has 0 spiro atoms. The number of aryl methyl sites for hydroxylation is 1. The van der Waals surface area contributed by atoms with Gasteiger partial charge in [0.15, 0.2) is 12.4 Å². The Bertz CT molecular complexity index is 901. The van der Waals surface area contributed by atoms with Crippen molar-refractivity contribution >= 4 is 11.6 Å². The first-order chi connectivity index (χ1) is 13.0. The van der Waals surface area contributed by atoms with Gasteiger partial charge in [0.05, 0.1) is 0 Å². The molecule has 6 heteroatoms. The average Bonchev–Trinajstić information content (AvgIpc) is 3.17. The molecule has 3 rings (SSSR count). The standard InChI is InChI=1S/C21H23N3O3/c1-4-15-6-5-7-17(12-15)22-19(25)13-26-18-10-8-16(9-11-18)21-23-20(14(2)3)24-27-21/h5-12,14H,4,13H2,1-3H3,(H,22,25). The number of nitrogens with one attached hydrogen (secondary N) is 1. The Morgan fingerprint density at radius 3 is 2.63 bits per heavy atom. The highest BCUT2D eigenvalue weighted by molar-refractivity contribution is 5.91. The third-order valence-electron chi connectivity index (χ3n) is 4.05. The van der Waals surface area contributed by atoms with Gasteiger partial charge in [-0.25, -0.2) is 0 Å². The number of hydrogen-bond donors (Lipinski definition) is 1. The summed E-state index contributed by atoms with van der Waals surface area (Å²) in [6.07, 6.45) is 0.922. The molecule has 1 aromatic heterocycles. The predicted molar refractivity (Wildman–Crippen MR) is 104 cm³/mol. The normalized spacial score (nSPS) is 10.8. The van der Waals surface area contributed by atoms with Gasteiger partial charge in [0.25, 0.3) is 11.8 Å². The number of rotatable bonds is 7. The van der Waals surface area contributed by atoms with Crippen molar-refractivity contribution in [2.45, 2.75) is 33.1 Å². The van der Waals surface area contributed by atoms with Crippen molar-refractivity contribution in [1.82, 2.24) is 10.1 Å². The van der Waals surface area contributed by atoms with Crippen molar-refractivity contribution in [3.8, 4) is 17.2 Å². The minimum Gasteiger partial charge on any atom is -0.484 e. The number of nitrogens with zero attached hydrogens (tertiary/aromatic N) is 2. The lowest BCUT2D eigenvalue weighted by atomic mass is 10.1. The smallest absolute Gasteiger partial charge is 0.262 e. The van der Waals surface area contributed by atoms with Crippen molar-refractivity contribution in [2.24, 2.45) is 0 Å². The quantitative estimate of drug-likeness (QED) is 0.670. The van der Waals surface area contributed by atoms with Gasteiger partial charge < -0.3 is 14.6 Å². The van der Waals surface area contributed by atoms with E-state index in [1.54, 1.807) is 12.1 Å². The molecule has 1 heterocycles. The largest absolute Gasteiger partial charge is 0.484 e. The molecule has 3 aromatic rings. The average molecular weight is 365 g/mol. The van der Waals surface area contributed by atoms with Crippen molar-refractivity contribution in [1.29, 1.82) is 0 Å². The van der Waals surface area contributed by atoms with Crippen LogP contribution in [0.1, 0.15) is 38.1 Å². The highest BCUT2D eigenvalue weighted by atomic mass is 16.5. The number of anilines is 1. The van der Waals surface area contributed by atoms with Gasteiger partial charge in [-0.1, -0.05) is 38.1 Å². The summed E-state index contributed by atoms with van der Waals surface area (Å²) in [5, 5.41) is 6.80. The van der Waals surface area contributed by atoms with Crippen LogP contribution in [0.2, 0.25) is 0 Å². The van der Waals surface area contributed by atoms with Crippen LogP contribution in [0.25, 0.3) is 11.5 Å². The number of hydrogen-bond acceptors (Lipinski definition) is 5. The monoisotopic (exact) mass is 365 g/mol. The van der Waals surface area contributed by atoms with Crippen LogP contribution in [0.5, 0.6) is 5.75 Å². The third-order valence-corrected chi connectivity index (χ3v) is 4.05. The number of amides is 1. The summed E-state index contributed by atoms with van der Waals surface area (Å²) in [5.41, 5.74) is 2.75. The SMILES string of the molecule is CCc1cccc(NC(=O)COc2ccc(-c3nc(C(C)C)no3)cc2)c1. The van der Waals surface area contributed by atoms with Crippen LogP contribution in [0.15, 0.2) is 53.1 Å². The van der Waals surface area contributed by atoms with Crippen LogP contribution in [0, 0.1) is 0 Å². The number of carbonyl (C=O) groups excluding carboxylic acids is 1. The first kappa shape index (κ1) is 18.6. The number of ether oxygens (including phenoxy) is 1. The van der Waals surface area contributed by atoms with Crippen LogP contribution in [0.4, 0.5) is 5.69 Å². The highest BCUT2D eigenvalue weighted by Crippen LogP contribution is 2.22. The second kappa shape index (κ2) is 8.49. The van der Waals surface area contributed by atoms with E-state index in [2.05, 4.69) is 22.4 Å². The molecule has 0 atom stereocenters. The van der Waals surface area contributed by atoms with Crippen molar-refractivity contribution in [3.05, 3.63) is 59.9 Å². The molecule has 2 aromatic carbocycles. The zero-order valence-electron chi connectivity index (χ0n) is 15.7. The lowest BCUT2D eigenvalue weighted by Gasteiger charge is -2.08. The molecule has 0 saturated heterocycles. The van der Waals surface area contributed by atoms with Gasteiger partial charge in [0.1, 0.15) is 5.75 Å².